The summed E-state index contributed by atoms with van der Waals surface area (Å²) in [6.07, 6.45) is -3.82. The average molecular weight is 206 g/mol. The van der Waals surface area contributed by atoms with E-state index in [-0.39, 0.29) is 12.9 Å². The summed E-state index contributed by atoms with van der Waals surface area (Å²) in [6.45, 7) is 0.459. The predicted molar refractivity (Wildman–Crippen MR) is 43.4 cm³/mol. The Kier molecular flexibility index (Phi) is 3.01. The molecule has 0 saturated carbocycles. The second kappa shape index (κ2) is 4.09. The number of rotatable bonds is 1. The number of hydrogen-bond acceptors (Lipinski definition) is 6. The molecule has 2 N–H and O–H groups in total. The normalized spacial score (nSPS) is 48.6. The van der Waals surface area contributed by atoms with Crippen LogP contribution >= 0.6 is 0 Å². The van der Waals surface area contributed by atoms with Gasteiger partial charge in [0, 0.05) is 7.11 Å². The first kappa shape index (κ1) is 10.3. The highest BCUT2D eigenvalue weighted by molar-refractivity contribution is 4.91. The van der Waals surface area contributed by atoms with Gasteiger partial charge in [-0.15, -0.1) is 0 Å². The molecule has 6 nitrogen and oxygen atoms in total. The Morgan fingerprint density at radius 2 is 2.07 bits per heavy atom. The molecule has 2 fully saturated rings. The van der Waals surface area contributed by atoms with E-state index < -0.39 is 24.6 Å². The van der Waals surface area contributed by atoms with Crippen LogP contribution in [-0.4, -0.2) is 61.4 Å². The predicted octanol–water partition coefficient (Wildman–Crippen LogP) is -1.55. The Hall–Kier alpha value is -0.240. The second-order valence-corrected chi connectivity index (χ2v) is 3.38. The lowest BCUT2D eigenvalue weighted by atomic mass is 9.99. The van der Waals surface area contributed by atoms with Gasteiger partial charge in [-0.25, -0.2) is 0 Å². The minimum absolute atomic E-state index is 0.117. The first-order valence-electron chi connectivity index (χ1n) is 4.48. The third-order valence-electron chi connectivity index (χ3n) is 2.50. The lowest BCUT2D eigenvalue weighted by Gasteiger charge is -2.43. The van der Waals surface area contributed by atoms with Crippen LogP contribution in [0.3, 0.4) is 0 Å². The number of ether oxygens (including phenoxy) is 4. The molecule has 2 saturated heterocycles. The average Bonchev–Trinajstić information content (AvgIpc) is 2.23. The zero-order valence-electron chi connectivity index (χ0n) is 7.83. The van der Waals surface area contributed by atoms with Gasteiger partial charge in [0.05, 0.1) is 6.61 Å². The maximum Gasteiger partial charge on any atom is 0.186 e. The largest absolute Gasteiger partial charge is 0.387 e. The van der Waals surface area contributed by atoms with Crippen LogP contribution in [0.4, 0.5) is 0 Å². The van der Waals surface area contributed by atoms with Crippen molar-refractivity contribution in [1.82, 2.24) is 0 Å². The molecular weight excluding hydrogens is 192 g/mol. The van der Waals surface area contributed by atoms with E-state index in [1.807, 2.05) is 0 Å². The Morgan fingerprint density at radius 1 is 1.29 bits per heavy atom. The molecular formula is C8H14O6. The van der Waals surface area contributed by atoms with E-state index in [4.69, 9.17) is 18.9 Å². The molecule has 0 bridgehead atoms. The Bertz CT molecular complexity index is 196. The molecule has 6 heteroatoms. The second-order valence-electron chi connectivity index (χ2n) is 3.38. The van der Waals surface area contributed by atoms with Crippen LogP contribution in [0, 0.1) is 0 Å². The molecule has 14 heavy (non-hydrogen) atoms. The van der Waals surface area contributed by atoms with Gasteiger partial charge in [0.2, 0.25) is 0 Å². The fraction of sp³-hybridized carbons (Fsp3) is 1.00. The number of hydrogen-bond donors (Lipinski definition) is 2. The van der Waals surface area contributed by atoms with Crippen LogP contribution in [0.2, 0.25) is 0 Å². The SMILES string of the molecule is COC1OC2COCOC2[C@H](O)[C@H]1O. The molecule has 2 aliphatic heterocycles. The fourth-order valence-corrected chi connectivity index (χ4v) is 1.73. The molecule has 0 aromatic carbocycles. The summed E-state index contributed by atoms with van der Waals surface area (Å²) < 4.78 is 20.4. The summed E-state index contributed by atoms with van der Waals surface area (Å²) >= 11 is 0. The van der Waals surface area contributed by atoms with Crippen LogP contribution in [0.1, 0.15) is 0 Å². The summed E-state index contributed by atoms with van der Waals surface area (Å²) in [5.41, 5.74) is 0. The molecule has 3 unspecified atom stereocenters. The van der Waals surface area contributed by atoms with Crippen LogP contribution in [0.15, 0.2) is 0 Å². The molecule has 0 aromatic rings. The van der Waals surface area contributed by atoms with Gasteiger partial charge in [-0.3, -0.25) is 0 Å². The van der Waals surface area contributed by atoms with Crippen LogP contribution in [-0.2, 0) is 18.9 Å². The standard InChI is InChI=1S/C8H14O6/c1-11-8-6(10)5(9)7-4(14-8)2-12-3-13-7/h4-10H,2-3H2,1H3/t4?,5-,6-,7?,8?/m1/s1. The lowest BCUT2D eigenvalue weighted by Crippen LogP contribution is -2.61. The molecule has 2 heterocycles. The molecule has 0 spiro atoms. The van der Waals surface area contributed by atoms with Gasteiger partial charge in [-0.1, -0.05) is 0 Å². The van der Waals surface area contributed by atoms with Crippen molar-refractivity contribution in [3.63, 3.8) is 0 Å². The Balaban J connectivity index is 2.07. The molecule has 2 aliphatic rings. The quantitative estimate of drug-likeness (QED) is 0.541. The van der Waals surface area contributed by atoms with E-state index in [1.165, 1.54) is 7.11 Å². The fourth-order valence-electron chi connectivity index (χ4n) is 1.73. The Morgan fingerprint density at radius 3 is 2.79 bits per heavy atom. The van der Waals surface area contributed by atoms with Crippen molar-refractivity contribution >= 4 is 0 Å². The highest BCUT2D eigenvalue weighted by Crippen LogP contribution is 2.26. The van der Waals surface area contributed by atoms with Crippen molar-refractivity contribution in [2.24, 2.45) is 0 Å². The zero-order valence-corrected chi connectivity index (χ0v) is 7.83. The van der Waals surface area contributed by atoms with Crippen molar-refractivity contribution in [2.75, 3.05) is 20.5 Å². The smallest absolute Gasteiger partial charge is 0.186 e. The van der Waals surface area contributed by atoms with Crippen molar-refractivity contribution in [2.45, 2.75) is 30.7 Å². The molecule has 0 aliphatic carbocycles. The highest BCUT2D eigenvalue weighted by Gasteiger charge is 2.46. The summed E-state index contributed by atoms with van der Waals surface area (Å²) in [7, 11) is 1.41. The maximum absolute atomic E-state index is 9.68. The van der Waals surface area contributed by atoms with Crippen LogP contribution in [0.5, 0.6) is 0 Å². The lowest BCUT2D eigenvalue weighted by molar-refractivity contribution is -0.334. The van der Waals surface area contributed by atoms with Gasteiger partial charge in [0.1, 0.15) is 31.2 Å². The van der Waals surface area contributed by atoms with Gasteiger partial charge in [-0.2, -0.15) is 0 Å². The van der Waals surface area contributed by atoms with E-state index in [0.717, 1.165) is 0 Å². The monoisotopic (exact) mass is 206 g/mol. The molecule has 2 rings (SSSR count). The van der Waals surface area contributed by atoms with Gasteiger partial charge in [-0.05, 0) is 0 Å². The van der Waals surface area contributed by atoms with Crippen molar-refractivity contribution in [1.29, 1.82) is 0 Å². The van der Waals surface area contributed by atoms with Gasteiger partial charge < -0.3 is 29.2 Å². The molecule has 0 aromatic heterocycles. The number of aliphatic hydroxyl groups excluding tert-OH is 2. The zero-order chi connectivity index (χ0) is 10.1. The molecule has 5 atom stereocenters. The van der Waals surface area contributed by atoms with E-state index in [0.29, 0.717) is 6.61 Å². The van der Waals surface area contributed by atoms with Gasteiger partial charge in [0.25, 0.3) is 0 Å². The van der Waals surface area contributed by atoms with Crippen molar-refractivity contribution in [3.8, 4) is 0 Å². The Labute approximate surface area is 81.3 Å². The highest BCUT2D eigenvalue weighted by atomic mass is 16.7. The first-order chi connectivity index (χ1) is 6.74. The van der Waals surface area contributed by atoms with E-state index in [1.54, 1.807) is 0 Å². The maximum atomic E-state index is 9.68. The van der Waals surface area contributed by atoms with Gasteiger partial charge in [0.15, 0.2) is 6.29 Å². The number of methoxy groups -OCH3 is 1. The summed E-state index contributed by atoms with van der Waals surface area (Å²) in [5, 5.41) is 19.2. The summed E-state index contributed by atoms with van der Waals surface area (Å²) in [4.78, 5) is 0. The van der Waals surface area contributed by atoms with E-state index >= 15 is 0 Å². The summed E-state index contributed by atoms with van der Waals surface area (Å²) in [6, 6.07) is 0. The van der Waals surface area contributed by atoms with E-state index in [2.05, 4.69) is 0 Å². The van der Waals surface area contributed by atoms with Gasteiger partial charge >= 0.3 is 0 Å². The third-order valence-corrected chi connectivity index (χ3v) is 2.50. The minimum atomic E-state index is -1.08. The van der Waals surface area contributed by atoms with Crippen LogP contribution < -0.4 is 0 Å². The molecule has 0 radical (unpaired) electrons. The van der Waals surface area contributed by atoms with E-state index in [9.17, 15) is 10.2 Å². The number of aliphatic hydroxyl groups is 2. The van der Waals surface area contributed by atoms with Crippen molar-refractivity contribution in [3.05, 3.63) is 0 Å². The van der Waals surface area contributed by atoms with Crippen LogP contribution in [0.25, 0.3) is 0 Å². The number of fused-ring (bicyclic) bond motifs is 1. The first-order valence-corrected chi connectivity index (χ1v) is 4.48. The molecule has 0 amide bonds. The topological polar surface area (TPSA) is 77.4 Å². The minimum Gasteiger partial charge on any atom is -0.387 e. The molecule has 82 valence electrons. The third kappa shape index (κ3) is 1.65. The van der Waals surface area contributed by atoms with Crippen molar-refractivity contribution < 1.29 is 29.2 Å². The summed E-state index contributed by atoms with van der Waals surface area (Å²) in [5.74, 6) is 0.